The minimum absolute atomic E-state index is 0.0322. The Morgan fingerprint density at radius 3 is 2.76 bits per heavy atom. The van der Waals surface area contributed by atoms with Crippen LogP contribution in [0.1, 0.15) is 16.3 Å². The number of nitrogens with two attached hydrogens (primary N) is 1. The average molecular weight is 235 g/mol. The van der Waals surface area contributed by atoms with Gasteiger partial charge in [0.2, 0.25) is 0 Å². The fraction of sp³-hybridized carbons (Fsp3) is 0.545. The fourth-order valence-electron chi connectivity index (χ4n) is 1.79. The van der Waals surface area contributed by atoms with E-state index in [1.165, 1.54) is 0 Å². The number of hydrogen-bond acceptors (Lipinski definition) is 5. The molecule has 1 fully saturated rings. The molecule has 1 aromatic rings. The van der Waals surface area contributed by atoms with E-state index in [-0.39, 0.29) is 12.5 Å². The van der Waals surface area contributed by atoms with E-state index in [1.807, 2.05) is 4.90 Å². The van der Waals surface area contributed by atoms with Gasteiger partial charge >= 0.3 is 0 Å². The smallest absolute Gasteiger partial charge is 0.272 e. The van der Waals surface area contributed by atoms with Gasteiger partial charge in [-0.15, -0.1) is 0 Å². The molecule has 2 rings (SSSR count). The maximum absolute atomic E-state index is 12.2. The zero-order valence-electron chi connectivity index (χ0n) is 9.96. The molecule has 0 aromatic carbocycles. The molecule has 0 spiro atoms. The Hall–Kier alpha value is -1.53. The molecule has 0 atom stereocenters. The molecule has 0 aliphatic carbocycles. The number of rotatable bonds is 2. The van der Waals surface area contributed by atoms with Crippen LogP contribution in [0.5, 0.6) is 0 Å². The summed E-state index contributed by atoms with van der Waals surface area (Å²) in [6.45, 7) is 3.56. The van der Waals surface area contributed by atoms with Crippen molar-refractivity contribution in [1.29, 1.82) is 0 Å². The van der Waals surface area contributed by atoms with Gasteiger partial charge in [0.1, 0.15) is 11.5 Å². The first kappa shape index (κ1) is 11.9. The third-order valence-corrected chi connectivity index (χ3v) is 2.90. The summed E-state index contributed by atoms with van der Waals surface area (Å²) in [5, 5.41) is 0. The number of hydrogen-bond donors (Lipinski definition) is 1. The summed E-state index contributed by atoms with van der Waals surface area (Å²) in [4.78, 5) is 24.3. The van der Waals surface area contributed by atoms with Gasteiger partial charge in [-0.25, -0.2) is 9.97 Å². The second-order valence-electron chi connectivity index (χ2n) is 4.16. The van der Waals surface area contributed by atoms with Gasteiger partial charge in [-0.2, -0.15) is 0 Å². The van der Waals surface area contributed by atoms with E-state index in [1.54, 1.807) is 12.3 Å². The van der Waals surface area contributed by atoms with Crippen molar-refractivity contribution in [2.45, 2.75) is 6.54 Å². The molecular formula is C11H17N5O. The predicted molar refractivity (Wildman–Crippen MR) is 63.3 cm³/mol. The van der Waals surface area contributed by atoms with Gasteiger partial charge in [0.25, 0.3) is 5.91 Å². The van der Waals surface area contributed by atoms with Crippen molar-refractivity contribution < 1.29 is 4.79 Å². The summed E-state index contributed by atoms with van der Waals surface area (Å²) in [6, 6.07) is 1.64. The number of amides is 1. The van der Waals surface area contributed by atoms with Crippen LogP contribution in [0, 0.1) is 0 Å². The molecule has 0 saturated carbocycles. The van der Waals surface area contributed by atoms with E-state index in [2.05, 4.69) is 21.9 Å². The Labute approximate surface area is 100 Å². The van der Waals surface area contributed by atoms with E-state index in [0.29, 0.717) is 11.5 Å². The van der Waals surface area contributed by atoms with E-state index in [4.69, 9.17) is 5.73 Å². The van der Waals surface area contributed by atoms with Gasteiger partial charge < -0.3 is 15.5 Å². The summed E-state index contributed by atoms with van der Waals surface area (Å²) in [5.41, 5.74) is 5.89. The zero-order chi connectivity index (χ0) is 12.3. The van der Waals surface area contributed by atoms with Gasteiger partial charge in [-0.05, 0) is 13.1 Å². The van der Waals surface area contributed by atoms with Crippen LogP contribution in [0.15, 0.2) is 12.3 Å². The minimum atomic E-state index is -0.0322. The van der Waals surface area contributed by atoms with Gasteiger partial charge in [-0.3, -0.25) is 4.79 Å². The molecule has 1 amide bonds. The van der Waals surface area contributed by atoms with Crippen LogP contribution in [-0.4, -0.2) is 58.9 Å². The monoisotopic (exact) mass is 235 g/mol. The highest BCUT2D eigenvalue weighted by molar-refractivity contribution is 5.92. The Morgan fingerprint density at radius 1 is 1.41 bits per heavy atom. The molecule has 0 unspecified atom stereocenters. The van der Waals surface area contributed by atoms with Gasteiger partial charge in [0.05, 0.1) is 6.54 Å². The lowest BCUT2D eigenvalue weighted by Gasteiger charge is -2.32. The first-order chi connectivity index (χ1) is 8.20. The molecule has 6 nitrogen and oxygen atoms in total. The number of piperazine rings is 1. The zero-order valence-corrected chi connectivity index (χ0v) is 9.96. The molecule has 1 aliphatic heterocycles. The van der Waals surface area contributed by atoms with Crippen LogP contribution in [0.4, 0.5) is 0 Å². The lowest BCUT2D eigenvalue weighted by atomic mass is 10.3. The van der Waals surface area contributed by atoms with Crippen LogP contribution >= 0.6 is 0 Å². The molecular weight excluding hydrogens is 218 g/mol. The summed E-state index contributed by atoms with van der Waals surface area (Å²) >= 11 is 0. The van der Waals surface area contributed by atoms with E-state index < -0.39 is 0 Å². The van der Waals surface area contributed by atoms with Gasteiger partial charge in [-0.1, -0.05) is 0 Å². The molecule has 1 aromatic heterocycles. The molecule has 0 bridgehead atoms. The van der Waals surface area contributed by atoms with Crippen molar-refractivity contribution >= 4 is 5.91 Å². The number of carbonyl (C=O) groups is 1. The molecule has 1 saturated heterocycles. The van der Waals surface area contributed by atoms with Crippen LogP contribution in [0.2, 0.25) is 0 Å². The van der Waals surface area contributed by atoms with Crippen molar-refractivity contribution in [2.75, 3.05) is 33.2 Å². The Balaban J connectivity index is 2.08. The summed E-state index contributed by atoms with van der Waals surface area (Å²) < 4.78 is 0. The van der Waals surface area contributed by atoms with Crippen molar-refractivity contribution in [1.82, 2.24) is 19.8 Å². The molecule has 6 heteroatoms. The first-order valence-electron chi connectivity index (χ1n) is 5.70. The van der Waals surface area contributed by atoms with Crippen molar-refractivity contribution in [2.24, 2.45) is 5.73 Å². The maximum atomic E-state index is 12.2. The second-order valence-corrected chi connectivity index (χ2v) is 4.16. The van der Waals surface area contributed by atoms with Crippen molar-refractivity contribution in [3.8, 4) is 0 Å². The number of carbonyl (C=O) groups excluding carboxylic acids is 1. The third-order valence-electron chi connectivity index (χ3n) is 2.90. The Morgan fingerprint density at radius 2 is 2.12 bits per heavy atom. The minimum Gasteiger partial charge on any atom is -0.335 e. The van der Waals surface area contributed by atoms with E-state index >= 15 is 0 Å². The Bertz CT molecular complexity index is 401. The van der Waals surface area contributed by atoms with Crippen molar-refractivity contribution in [3.63, 3.8) is 0 Å². The highest BCUT2D eigenvalue weighted by Gasteiger charge is 2.21. The van der Waals surface area contributed by atoms with Crippen LogP contribution < -0.4 is 5.73 Å². The molecule has 92 valence electrons. The topological polar surface area (TPSA) is 75.3 Å². The quantitative estimate of drug-likeness (QED) is 0.735. The summed E-state index contributed by atoms with van der Waals surface area (Å²) in [7, 11) is 2.05. The lowest BCUT2D eigenvalue weighted by Crippen LogP contribution is -2.47. The summed E-state index contributed by atoms with van der Waals surface area (Å²) in [6.07, 6.45) is 1.58. The molecule has 0 radical (unpaired) electrons. The van der Waals surface area contributed by atoms with E-state index in [9.17, 15) is 4.79 Å². The highest BCUT2D eigenvalue weighted by Crippen LogP contribution is 2.05. The van der Waals surface area contributed by atoms with Crippen molar-refractivity contribution in [3.05, 3.63) is 23.8 Å². The summed E-state index contributed by atoms with van der Waals surface area (Å²) in [5.74, 6) is 0.472. The fourth-order valence-corrected chi connectivity index (χ4v) is 1.79. The number of nitrogens with zero attached hydrogens (tertiary/aromatic N) is 4. The SMILES string of the molecule is CN1CCN(C(=O)c2ccnc(CN)n2)CC1. The highest BCUT2D eigenvalue weighted by atomic mass is 16.2. The molecule has 2 heterocycles. The third kappa shape index (κ3) is 2.78. The molecule has 1 aliphatic rings. The average Bonchev–Trinajstić information content (AvgIpc) is 2.39. The largest absolute Gasteiger partial charge is 0.335 e. The lowest BCUT2D eigenvalue weighted by molar-refractivity contribution is 0.0657. The molecule has 2 N–H and O–H groups in total. The number of aromatic nitrogens is 2. The predicted octanol–water partition coefficient (Wildman–Crippen LogP) is -0.677. The first-order valence-corrected chi connectivity index (χ1v) is 5.70. The standard InChI is InChI=1S/C11H17N5O/c1-15-4-6-16(7-5-15)11(17)9-2-3-13-10(8-12)14-9/h2-3H,4-8,12H2,1H3. The molecule has 17 heavy (non-hydrogen) atoms. The van der Waals surface area contributed by atoms with Gasteiger partial charge in [0, 0.05) is 32.4 Å². The van der Waals surface area contributed by atoms with Gasteiger partial charge in [0.15, 0.2) is 0 Å². The number of likely N-dealkylation sites (N-methyl/N-ethyl adjacent to an activating group) is 1. The van der Waals surface area contributed by atoms with Crippen LogP contribution in [0.3, 0.4) is 0 Å². The second kappa shape index (κ2) is 5.20. The maximum Gasteiger partial charge on any atom is 0.272 e. The van der Waals surface area contributed by atoms with Crippen LogP contribution in [0.25, 0.3) is 0 Å². The Kier molecular flexibility index (Phi) is 3.65. The normalized spacial score (nSPS) is 17.2. The van der Waals surface area contributed by atoms with E-state index in [0.717, 1.165) is 26.2 Å². The van der Waals surface area contributed by atoms with Crippen LogP contribution in [-0.2, 0) is 6.54 Å².